The molecule has 0 aliphatic heterocycles. The second-order valence-corrected chi connectivity index (χ2v) is 22.1. The minimum atomic E-state index is -0.228. The Morgan fingerprint density at radius 1 is 0.622 bits per heavy atom. The average Bonchev–Trinajstić information content (AvgIpc) is 4.39. The molecule has 0 unspecified atom stereocenters. The van der Waals surface area contributed by atoms with Gasteiger partial charge in [0.05, 0.1) is 47.3 Å². The molecule has 0 aromatic carbocycles. The van der Waals surface area contributed by atoms with Gasteiger partial charge in [-0.05, 0) is 91.0 Å². The number of aldehydes is 1. The summed E-state index contributed by atoms with van der Waals surface area (Å²) in [4.78, 5) is 74.4. The molecule has 0 fully saturated rings. The third-order valence-corrected chi connectivity index (χ3v) is 14.4. The van der Waals surface area contributed by atoms with Gasteiger partial charge in [0.2, 0.25) is 0 Å². The molecule has 0 bridgehead atoms. The Kier molecular flexibility index (Phi) is 25.2. The van der Waals surface area contributed by atoms with E-state index in [0.717, 1.165) is 17.4 Å². The molecular formula is C53H36Cl7N11O8S3. The molecule has 82 heavy (non-hydrogen) atoms. The Bertz CT molecular complexity index is 3850. The Balaban J connectivity index is 0.000000177. The van der Waals surface area contributed by atoms with Crippen molar-refractivity contribution < 1.29 is 33.4 Å². The van der Waals surface area contributed by atoms with E-state index >= 15 is 0 Å². The van der Waals surface area contributed by atoms with Crippen molar-refractivity contribution in [3.05, 3.63) is 222 Å². The SMILES string of the molecule is C#CCNC(=O)c1ccc(Cl)s1.O/N=C(\Cl)c1ccc(Cl)nc1.O=C(NCc1cc(-c2ccc(-n3ccccc3=O)nc2)no1)c1ccc(Cl)s1.O=C(NCc1cc(-c2ccc(Cl)nc2)no1)c1ccc(Cl)s1.O=Cc1ccc(Cl)nc1. The number of thiophene rings is 3. The molecule has 0 saturated heterocycles. The topological polar surface area (TPSA) is 263 Å². The smallest absolute Gasteiger partial charge is 0.262 e. The van der Waals surface area contributed by atoms with Gasteiger partial charge in [0.15, 0.2) is 23.0 Å². The normalized spacial score (nSPS) is 10.4. The van der Waals surface area contributed by atoms with Crippen molar-refractivity contribution in [3.63, 3.8) is 0 Å². The summed E-state index contributed by atoms with van der Waals surface area (Å²) in [7, 11) is 0. The van der Waals surface area contributed by atoms with E-state index in [1.54, 1.807) is 128 Å². The van der Waals surface area contributed by atoms with Crippen LogP contribution in [-0.4, -0.2) is 75.7 Å². The van der Waals surface area contributed by atoms with E-state index < -0.39 is 0 Å². The van der Waals surface area contributed by atoms with Crippen LogP contribution in [0, 0.1) is 12.3 Å². The molecule has 4 N–H and O–H groups in total. The molecule has 0 aliphatic rings. The number of nitrogens with one attached hydrogen (secondary N) is 3. The summed E-state index contributed by atoms with van der Waals surface area (Å²) in [6, 6.07) is 31.8. The molecule has 10 heterocycles. The van der Waals surface area contributed by atoms with Crippen LogP contribution in [0.25, 0.3) is 28.3 Å². The fourth-order valence-corrected chi connectivity index (χ4v) is 9.26. The number of pyridine rings is 5. The fourth-order valence-electron chi connectivity index (χ4n) is 5.94. The van der Waals surface area contributed by atoms with Crippen molar-refractivity contribution in [1.82, 2.24) is 50.8 Å². The maximum absolute atomic E-state index is 12.0. The summed E-state index contributed by atoms with van der Waals surface area (Å²) in [5, 5.41) is 28.2. The van der Waals surface area contributed by atoms with E-state index in [9.17, 15) is 24.0 Å². The first kappa shape index (κ1) is 63.4. The van der Waals surface area contributed by atoms with Crippen molar-refractivity contribution in [2.24, 2.45) is 5.16 Å². The van der Waals surface area contributed by atoms with E-state index in [1.165, 1.54) is 57.0 Å². The summed E-state index contributed by atoms with van der Waals surface area (Å²) in [5.41, 5.74) is 3.65. The van der Waals surface area contributed by atoms with Gasteiger partial charge in [-0.1, -0.05) is 109 Å². The highest BCUT2D eigenvalue weighted by molar-refractivity contribution is 7.18. The first-order valence-corrected chi connectivity index (χ1v) is 27.9. The predicted molar refractivity (Wildman–Crippen MR) is 320 cm³/mol. The van der Waals surface area contributed by atoms with E-state index in [4.69, 9.17) is 102 Å². The van der Waals surface area contributed by atoms with Gasteiger partial charge in [0.1, 0.15) is 32.7 Å². The number of nitrogens with zero attached hydrogens (tertiary/aromatic N) is 8. The Morgan fingerprint density at radius 3 is 1.51 bits per heavy atom. The van der Waals surface area contributed by atoms with Crippen LogP contribution in [-0.2, 0) is 13.1 Å². The van der Waals surface area contributed by atoms with E-state index in [0.29, 0.717) is 83.0 Å². The third kappa shape index (κ3) is 20.3. The number of hydrogen-bond acceptors (Lipinski definition) is 18. The largest absolute Gasteiger partial charge is 0.410 e. The minimum absolute atomic E-state index is 0.00540. The highest BCUT2D eigenvalue weighted by Crippen LogP contribution is 2.25. The second kappa shape index (κ2) is 32.6. The van der Waals surface area contributed by atoms with Crippen LogP contribution < -0.4 is 21.5 Å². The molecule has 0 atom stereocenters. The summed E-state index contributed by atoms with van der Waals surface area (Å²) < 4.78 is 13.6. The molecular weight excluding hydrogens is 1260 g/mol. The predicted octanol–water partition coefficient (Wildman–Crippen LogP) is 13.0. The molecule has 0 spiro atoms. The number of carbonyl (C=O) groups excluding carboxylic acids is 4. The zero-order valence-electron chi connectivity index (χ0n) is 41.4. The van der Waals surface area contributed by atoms with Gasteiger partial charge in [0, 0.05) is 71.4 Å². The summed E-state index contributed by atoms with van der Waals surface area (Å²) in [5.74, 6) is 3.27. The number of amides is 3. The molecule has 418 valence electrons. The molecule has 0 saturated carbocycles. The number of terminal acetylenes is 1. The van der Waals surface area contributed by atoms with Crippen LogP contribution in [0.4, 0.5) is 0 Å². The van der Waals surface area contributed by atoms with Gasteiger partial charge in [-0.3, -0.25) is 28.5 Å². The highest BCUT2D eigenvalue weighted by atomic mass is 35.5. The number of hydrogen-bond donors (Lipinski definition) is 4. The molecule has 19 nitrogen and oxygen atoms in total. The van der Waals surface area contributed by atoms with Gasteiger partial charge in [-0.15, -0.1) is 40.4 Å². The summed E-state index contributed by atoms with van der Waals surface area (Å²) in [6.45, 7) is 0.684. The zero-order valence-corrected chi connectivity index (χ0v) is 49.1. The average molecular weight is 1300 g/mol. The van der Waals surface area contributed by atoms with Crippen molar-refractivity contribution in [2.75, 3.05) is 6.54 Å². The molecule has 0 radical (unpaired) electrons. The molecule has 29 heteroatoms. The van der Waals surface area contributed by atoms with Gasteiger partial charge >= 0.3 is 0 Å². The van der Waals surface area contributed by atoms with E-state index in [1.807, 2.05) is 0 Å². The number of oxime groups is 1. The van der Waals surface area contributed by atoms with Gasteiger partial charge in [0.25, 0.3) is 23.3 Å². The first-order chi connectivity index (χ1) is 39.5. The summed E-state index contributed by atoms with van der Waals surface area (Å²) >= 11 is 43.1. The number of halogens is 7. The number of carbonyl (C=O) groups is 4. The highest BCUT2D eigenvalue weighted by Gasteiger charge is 2.14. The summed E-state index contributed by atoms with van der Waals surface area (Å²) in [6.07, 6.45) is 13.4. The Morgan fingerprint density at radius 2 is 1.11 bits per heavy atom. The fraction of sp³-hybridized carbons (Fsp3) is 0.0566. The lowest BCUT2D eigenvalue weighted by molar-refractivity contribution is 0.0943. The van der Waals surface area contributed by atoms with Crippen molar-refractivity contribution in [1.29, 1.82) is 0 Å². The first-order valence-electron chi connectivity index (χ1n) is 22.8. The van der Waals surface area contributed by atoms with Crippen molar-refractivity contribution >= 4 is 144 Å². The van der Waals surface area contributed by atoms with Gasteiger partial charge in [-0.2, -0.15) is 0 Å². The van der Waals surface area contributed by atoms with Crippen LogP contribution in [0.15, 0.2) is 165 Å². The lowest BCUT2D eigenvalue weighted by Gasteiger charge is -2.04. The van der Waals surface area contributed by atoms with Crippen LogP contribution in [0.5, 0.6) is 0 Å². The van der Waals surface area contributed by atoms with Crippen molar-refractivity contribution in [3.8, 4) is 40.7 Å². The Labute approximate surface area is 512 Å². The number of aromatic nitrogens is 7. The van der Waals surface area contributed by atoms with Crippen molar-refractivity contribution in [2.45, 2.75) is 13.1 Å². The third-order valence-electron chi connectivity index (χ3n) is 9.78. The lowest BCUT2D eigenvalue weighted by Crippen LogP contribution is -2.22. The molecule has 0 aliphatic carbocycles. The molecule has 10 aromatic heterocycles. The van der Waals surface area contributed by atoms with Crippen LogP contribution in [0.3, 0.4) is 0 Å². The van der Waals surface area contributed by atoms with Crippen LogP contribution >= 0.6 is 115 Å². The minimum Gasteiger partial charge on any atom is -0.410 e. The molecule has 10 rings (SSSR count). The van der Waals surface area contributed by atoms with E-state index in [2.05, 4.69) is 57.3 Å². The quantitative estimate of drug-likeness (QED) is 0.0209. The number of rotatable bonds is 13. The Hall–Kier alpha value is -7.79. The molecule has 10 aromatic rings. The monoisotopic (exact) mass is 1290 g/mol. The standard InChI is InChI=1S/C19H13ClN4O3S.C14H9Cl2N3O2S.C8H6ClNOS.C6H4Cl2N2O.C6H4ClNO/c20-16-6-5-15(28-16)19(26)22-11-13-9-14(23-27-13)12-4-7-17(21-10-12)24-8-2-1-3-18(24)25;15-12-3-1-8(6-17-12)10-5-9(21-19-10)7-18-14(20)11-2-4-13(16)22-11;1-2-5-10-8(11)6-3-4-7(9)12-6;7-5-2-1-4(3-9-5)6(8)10-11;7-6-2-1-5(4-9)3-8-6/h1-10H,11H2,(H,22,26);1-6H,7H2,(H,18,20);1,3-4H,5H2,(H,10,11);1-3,11H;1-4H/b;;;10-6-;. The maximum Gasteiger partial charge on any atom is 0.262 e. The second-order valence-electron chi connectivity index (χ2n) is 15.4. The van der Waals surface area contributed by atoms with Gasteiger partial charge in [-0.25, -0.2) is 19.9 Å². The molecule has 3 amide bonds. The van der Waals surface area contributed by atoms with Crippen LogP contribution in [0.1, 0.15) is 56.5 Å². The lowest BCUT2D eigenvalue weighted by atomic mass is 10.2. The zero-order chi connectivity index (χ0) is 59.0. The van der Waals surface area contributed by atoms with Crippen LogP contribution in [0.2, 0.25) is 28.5 Å². The maximum atomic E-state index is 12.0. The van der Waals surface area contributed by atoms with E-state index in [-0.39, 0.29) is 48.1 Å². The van der Waals surface area contributed by atoms with Gasteiger partial charge < -0.3 is 30.2 Å².